The van der Waals surface area contributed by atoms with E-state index in [1.807, 2.05) is 36.9 Å². The van der Waals surface area contributed by atoms with Gasteiger partial charge in [0.15, 0.2) is 0 Å². The summed E-state index contributed by atoms with van der Waals surface area (Å²) in [4.78, 5) is 1.39. The highest BCUT2D eigenvalue weighted by molar-refractivity contribution is 7.99. The van der Waals surface area contributed by atoms with Gasteiger partial charge in [-0.15, -0.1) is 11.8 Å². The lowest BCUT2D eigenvalue weighted by molar-refractivity contribution is 0.296. The van der Waals surface area contributed by atoms with Gasteiger partial charge < -0.3 is 4.74 Å². The lowest BCUT2D eigenvalue weighted by Crippen LogP contribution is -2.10. The monoisotopic (exact) mass is 290 g/mol. The third-order valence-electron chi connectivity index (χ3n) is 3.39. The SMILES string of the molecule is Cc1ccc(Cl)cc1OCC1CSc2ccccc21. The molecule has 1 atom stereocenters. The number of hydrogen-bond acceptors (Lipinski definition) is 2. The molecule has 1 aliphatic rings. The molecular formula is C16H15ClOS. The fourth-order valence-electron chi connectivity index (χ4n) is 2.29. The maximum absolute atomic E-state index is 6.01. The van der Waals surface area contributed by atoms with Crippen LogP contribution in [-0.4, -0.2) is 12.4 Å². The second kappa shape index (κ2) is 5.48. The Balaban J connectivity index is 1.72. The van der Waals surface area contributed by atoms with E-state index < -0.39 is 0 Å². The summed E-state index contributed by atoms with van der Waals surface area (Å²) in [6, 6.07) is 14.4. The highest BCUT2D eigenvalue weighted by Crippen LogP contribution is 2.39. The van der Waals surface area contributed by atoms with Crippen LogP contribution < -0.4 is 4.74 Å². The molecule has 0 aromatic heterocycles. The van der Waals surface area contributed by atoms with E-state index in [0.717, 1.165) is 22.1 Å². The molecule has 0 saturated carbocycles. The molecule has 0 fully saturated rings. The van der Waals surface area contributed by atoms with E-state index in [0.29, 0.717) is 12.5 Å². The molecular weight excluding hydrogens is 276 g/mol. The van der Waals surface area contributed by atoms with Crippen molar-refractivity contribution in [2.45, 2.75) is 17.7 Å². The van der Waals surface area contributed by atoms with Crippen LogP contribution in [0.25, 0.3) is 0 Å². The number of aryl methyl sites for hydroxylation is 1. The van der Waals surface area contributed by atoms with Gasteiger partial charge in [-0.2, -0.15) is 0 Å². The average molecular weight is 291 g/mol. The molecule has 0 N–H and O–H groups in total. The van der Waals surface area contributed by atoms with E-state index >= 15 is 0 Å². The highest BCUT2D eigenvalue weighted by Gasteiger charge is 2.23. The zero-order valence-corrected chi connectivity index (χ0v) is 12.3. The summed E-state index contributed by atoms with van der Waals surface area (Å²) < 4.78 is 5.96. The molecule has 0 aliphatic carbocycles. The zero-order chi connectivity index (χ0) is 13.2. The molecule has 1 heterocycles. The smallest absolute Gasteiger partial charge is 0.123 e. The molecule has 1 aliphatic heterocycles. The molecule has 0 saturated heterocycles. The van der Waals surface area contributed by atoms with Crippen LogP contribution in [-0.2, 0) is 0 Å². The minimum Gasteiger partial charge on any atom is -0.493 e. The number of halogens is 1. The van der Waals surface area contributed by atoms with E-state index in [2.05, 4.69) is 24.3 Å². The Labute approximate surface area is 122 Å². The zero-order valence-electron chi connectivity index (χ0n) is 10.7. The molecule has 0 spiro atoms. The summed E-state index contributed by atoms with van der Waals surface area (Å²) in [5.74, 6) is 2.46. The Bertz CT molecular complexity index is 597. The normalized spacial score (nSPS) is 17.3. The van der Waals surface area contributed by atoms with Crippen molar-refractivity contribution in [3.8, 4) is 5.75 Å². The summed E-state index contributed by atoms with van der Waals surface area (Å²) in [5.41, 5.74) is 2.54. The van der Waals surface area contributed by atoms with Gasteiger partial charge in [-0.05, 0) is 36.2 Å². The Morgan fingerprint density at radius 2 is 2.11 bits per heavy atom. The second-order valence-corrected chi connectivity index (χ2v) is 6.26. The van der Waals surface area contributed by atoms with Gasteiger partial charge in [0.05, 0.1) is 6.61 Å². The van der Waals surface area contributed by atoms with Crippen LogP contribution in [0.4, 0.5) is 0 Å². The molecule has 2 aromatic rings. The molecule has 1 unspecified atom stereocenters. The van der Waals surface area contributed by atoms with Crippen molar-refractivity contribution in [2.24, 2.45) is 0 Å². The van der Waals surface area contributed by atoms with E-state index in [4.69, 9.17) is 16.3 Å². The van der Waals surface area contributed by atoms with Crippen LogP contribution in [0.1, 0.15) is 17.0 Å². The maximum Gasteiger partial charge on any atom is 0.123 e. The topological polar surface area (TPSA) is 9.23 Å². The molecule has 3 heteroatoms. The van der Waals surface area contributed by atoms with Crippen LogP contribution in [0.2, 0.25) is 5.02 Å². The van der Waals surface area contributed by atoms with Crippen molar-refractivity contribution in [2.75, 3.05) is 12.4 Å². The number of fused-ring (bicyclic) bond motifs is 1. The van der Waals surface area contributed by atoms with Crippen molar-refractivity contribution in [1.82, 2.24) is 0 Å². The Morgan fingerprint density at radius 1 is 1.26 bits per heavy atom. The number of thioether (sulfide) groups is 1. The summed E-state index contributed by atoms with van der Waals surface area (Å²) in [5, 5.41) is 0.724. The Hall–Kier alpha value is -1.12. The quantitative estimate of drug-likeness (QED) is 0.794. The molecule has 0 amide bonds. The molecule has 0 radical (unpaired) electrons. The lowest BCUT2D eigenvalue weighted by Gasteiger charge is -2.14. The summed E-state index contributed by atoms with van der Waals surface area (Å²) in [7, 11) is 0. The largest absolute Gasteiger partial charge is 0.493 e. The molecule has 3 rings (SSSR count). The van der Waals surface area contributed by atoms with Crippen molar-refractivity contribution in [1.29, 1.82) is 0 Å². The van der Waals surface area contributed by atoms with Crippen molar-refractivity contribution >= 4 is 23.4 Å². The standard InChI is InChI=1S/C16H15ClOS/c1-11-6-7-13(17)8-15(11)18-9-12-10-19-16-5-3-2-4-14(12)16/h2-8,12H,9-10H2,1H3. The third kappa shape index (κ3) is 2.75. The first kappa shape index (κ1) is 12.9. The van der Waals surface area contributed by atoms with E-state index in [9.17, 15) is 0 Å². The Morgan fingerprint density at radius 3 is 3.00 bits per heavy atom. The predicted molar refractivity (Wildman–Crippen MR) is 81.6 cm³/mol. The third-order valence-corrected chi connectivity index (χ3v) is 4.88. The fourth-order valence-corrected chi connectivity index (χ4v) is 3.68. The lowest BCUT2D eigenvalue weighted by atomic mass is 10.0. The van der Waals surface area contributed by atoms with Crippen LogP contribution in [0, 0.1) is 6.92 Å². The minimum absolute atomic E-state index is 0.472. The van der Waals surface area contributed by atoms with Crippen molar-refractivity contribution in [3.05, 3.63) is 58.6 Å². The van der Waals surface area contributed by atoms with Crippen LogP contribution in [0.5, 0.6) is 5.75 Å². The summed E-state index contributed by atoms with van der Waals surface area (Å²) >= 11 is 7.92. The minimum atomic E-state index is 0.472. The van der Waals surface area contributed by atoms with E-state index in [1.54, 1.807) is 0 Å². The van der Waals surface area contributed by atoms with Gasteiger partial charge in [0.1, 0.15) is 5.75 Å². The first-order valence-electron chi connectivity index (χ1n) is 6.35. The maximum atomic E-state index is 6.01. The van der Waals surface area contributed by atoms with Crippen molar-refractivity contribution < 1.29 is 4.74 Å². The fraction of sp³-hybridized carbons (Fsp3) is 0.250. The molecule has 2 aromatic carbocycles. The van der Waals surface area contributed by atoms with Crippen LogP contribution in [0.3, 0.4) is 0 Å². The number of hydrogen-bond donors (Lipinski definition) is 0. The number of rotatable bonds is 3. The highest BCUT2D eigenvalue weighted by atomic mass is 35.5. The second-order valence-electron chi connectivity index (χ2n) is 4.77. The van der Waals surface area contributed by atoms with Gasteiger partial charge in [-0.25, -0.2) is 0 Å². The molecule has 98 valence electrons. The van der Waals surface area contributed by atoms with Gasteiger partial charge in [0, 0.05) is 21.6 Å². The molecule has 0 bridgehead atoms. The van der Waals surface area contributed by atoms with Crippen LogP contribution >= 0.6 is 23.4 Å². The van der Waals surface area contributed by atoms with Gasteiger partial charge in [0.2, 0.25) is 0 Å². The van der Waals surface area contributed by atoms with Gasteiger partial charge in [-0.1, -0.05) is 35.9 Å². The molecule has 19 heavy (non-hydrogen) atoms. The van der Waals surface area contributed by atoms with E-state index in [-0.39, 0.29) is 0 Å². The number of ether oxygens (including phenoxy) is 1. The number of benzene rings is 2. The Kier molecular flexibility index (Phi) is 3.72. The summed E-state index contributed by atoms with van der Waals surface area (Å²) in [6.07, 6.45) is 0. The van der Waals surface area contributed by atoms with Crippen LogP contribution in [0.15, 0.2) is 47.4 Å². The van der Waals surface area contributed by atoms with Gasteiger partial charge >= 0.3 is 0 Å². The van der Waals surface area contributed by atoms with Gasteiger partial charge in [0.25, 0.3) is 0 Å². The first-order valence-corrected chi connectivity index (χ1v) is 7.71. The molecule has 1 nitrogen and oxygen atoms in total. The average Bonchev–Trinajstić information content (AvgIpc) is 2.83. The van der Waals surface area contributed by atoms with Crippen molar-refractivity contribution in [3.63, 3.8) is 0 Å². The summed E-state index contributed by atoms with van der Waals surface area (Å²) in [6.45, 7) is 2.76. The predicted octanol–water partition coefficient (Wildman–Crippen LogP) is 4.92. The van der Waals surface area contributed by atoms with E-state index in [1.165, 1.54) is 10.5 Å². The first-order chi connectivity index (χ1) is 9.24. The van der Waals surface area contributed by atoms with Gasteiger partial charge in [-0.3, -0.25) is 0 Å².